The van der Waals surface area contributed by atoms with E-state index in [4.69, 9.17) is 5.26 Å². The highest BCUT2D eigenvalue weighted by atomic mass is 19.2. The molecule has 8 heteroatoms. The van der Waals surface area contributed by atoms with Crippen LogP contribution in [0.3, 0.4) is 0 Å². The Bertz CT molecular complexity index is 835. The fourth-order valence-corrected chi connectivity index (χ4v) is 1.77. The van der Waals surface area contributed by atoms with Crippen LogP contribution in [0.5, 0.6) is 5.75 Å². The Morgan fingerprint density at radius 1 is 1.00 bits per heavy atom. The molecule has 0 amide bonds. The average Bonchev–Trinajstić information content (AvgIpc) is 2.44. The van der Waals surface area contributed by atoms with E-state index in [1.165, 1.54) is 6.07 Å². The number of esters is 1. The number of carbonyl (C=O) groups excluding carboxylic acids is 1. The van der Waals surface area contributed by atoms with Crippen LogP contribution >= 0.6 is 0 Å². The number of hydrogen-bond acceptors (Lipinski definition) is 3. The summed E-state index contributed by atoms with van der Waals surface area (Å²) in [7, 11) is 0. The molecule has 0 spiro atoms. The number of hydrogen-bond donors (Lipinski definition) is 0. The van der Waals surface area contributed by atoms with Crippen molar-refractivity contribution in [2.45, 2.75) is 6.92 Å². The van der Waals surface area contributed by atoms with E-state index in [2.05, 4.69) is 4.74 Å². The SMILES string of the molecule is Cc1cc(F)c(C(=O)Oc2cc(F)c(C#N)c(F)c2)c(F)c1F. The molecule has 2 aromatic rings. The molecule has 118 valence electrons. The highest BCUT2D eigenvalue weighted by molar-refractivity contribution is 5.91. The fourth-order valence-electron chi connectivity index (χ4n) is 1.77. The smallest absolute Gasteiger partial charge is 0.349 e. The highest BCUT2D eigenvalue weighted by Gasteiger charge is 2.25. The van der Waals surface area contributed by atoms with Gasteiger partial charge in [0.1, 0.15) is 40.4 Å². The molecule has 0 bridgehead atoms. The maximum absolute atomic E-state index is 13.6. The van der Waals surface area contributed by atoms with Crippen molar-refractivity contribution in [1.82, 2.24) is 0 Å². The van der Waals surface area contributed by atoms with Gasteiger partial charge in [0.15, 0.2) is 11.6 Å². The first-order valence-corrected chi connectivity index (χ1v) is 6.01. The molecule has 0 atom stereocenters. The number of ether oxygens (including phenoxy) is 1. The second kappa shape index (κ2) is 6.04. The number of halogens is 5. The van der Waals surface area contributed by atoms with Crippen LogP contribution in [-0.2, 0) is 0 Å². The molecular formula is C15H6F5NO2. The van der Waals surface area contributed by atoms with Gasteiger partial charge >= 0.3 is 5.97 Å². The zero-order chi connectivity index (χ0) is 17.3. The van der Waals surface area contributed by atoms with E-state index in [9.17, 15) is 26.7 Å². The van der Waals surface area contributed by atoms with Crippen LogP contribution in [0, 0.1) is 47.3 Å². The Morgan fingerprint density at radius 2 is 1.57 bits per heavy atom. The van der Waals surface area contributed by atoms with E-state index >= 15 is 0 Å². The normalized spacial score (nSPS) is 10.3. The van der Waals surface area contributed by atoms with Gasteiger partial charge < -0.3 is 4.74 Å². The van der Waals surface area contributed by atoms with Crippen molar-refractivity contribution in [3.8, 4) is 11.8 Å². The van der Waals surface area contributed by atoms with Gasteiger partial charge in [-0.25, -0.2) is 26.7 Å². The second-order valence-electron chi connectivity index (χ2n) is 4.44. The van der Waals surface area contributed by atoms with Gasteiger partial charge in [-0.05, 0) is 18.6 Å². The Balaban J connectivity index is 2.42. The van der Waals surface area contributed by atoms with Crippen LogP contribution in [0.4, 0.5) is 22.0 Å². The van der Waals surface area contributed by atoms with Crippen molar-refractivity contribution in [1.29, 1.82) is 5.26 Å². The lowest BCUT2D eigenvalue weighted by Crippen LogP contribution is -2.15. The molecule has 0 aromatic heterocycles. The number of aryl methyl sites for hydroxylation is 1. The van der Waals surface area contributed by atoms with Gasteiger partial charge in [0.05, 0.1) is 0 Å². The Hall–Kier alpha value is -2.95. The zero-order valence-corrected chi connectivity index (χ0v) is 11.4. The minimum Gasteiger partial charge on any atom is -0.423 e. The summed E-state index contributed by atoms with van der Waals surface area (Å²) >= 11 is 0. The van der Waals surface area contributed by atoms with Crippen molar-refractivity contribution in [2.24, 2.45) is 0 Å². The number of nitriles is 1. The number of carbonyl (C=O) groups is 1. The maximum atomic E-state index is 13.6. The molecule has 2 rings (SSSR count). The van der Waals surface area contributed by atoms with Crippen molar-refractivity contribution in [2.75, 3.05) is 0 Å². The molecular weight excluding hydrogens is 321 g/mol. The van der Waals surface area contributed by atoms with Crippen molar-refractivity contribution < 1.29 is 31.5 Å². The molecule has 3 nitrogen and oxygen atoms in total. The molecule has 0 heterocycles. The summed E-state index contributed by atoms with van der Waals surface area (Å²) in [6, 6.07) is 2.80. The Morgan fingerprint density at radius 3 is 2.09 bits per heavy atom. The van der Waals surface area contributed by atoms with Crippen molar-refractivity contribution in [3.63, 3.8) is 0 Å². The third kappa shape index (κ3) is 2.99. The molecule has 0 radical (unpaired) electrons. The molecule has 0 fully saturated rings. The van der Waals surface area contributed by atoms with E-state index in [1.54, 1.807) is 0 Å². The number of rotatable bonds is 2. The van der Waals surface area contributed by atoms with Gasteiger partial charge in [-0.3, -0.25) is 0 Å². The molecule has 0 N–H and O–H groups in total. The summed E-state index contributed by atoms with van der Waals surface area (Å²) in [5.74, 6) is -9.68. The van der Waals surface area contributed by atoms with Gasteiger partial charge in [-0.1, -0.05) is 0 Å². The van der Waals surface area contributed by atoms with Gasteiger partial charge in [-0.2, -0.15) is 5.26 Å². The van der Waals surface area contributed by atoms with Crippen molar-refractivity contribution in [3.05, 3.63) is 64.0 Å². The maximum Gasteiger partial charge on any atom is 0.349 e. The summed E-state index contributed by atoms with van der Waals surface area (Å²) in [4.78, 5) is 11.7. The monoisotopic (exact) mass is 327 g/mol. The lowest BCUT2D eigenvalue weighted by atomic mass is 10.1. The van der Waals surface area contributed by atoms with Gasteiger partial charge in [-0.15, -0.1) is 0 Å². The summed E-state index contributed by atoms with van der Waals surface area (Å²) in [5.41, 5.74) is -2.62. The number of nitrogens with zero attached hydrogens (tertiary/aromatic N) is 1. The highest BCUT2D eigenvalue weighted by Crippen LogP contribution is 2.24. The predicted molar refractivity (Wildman–Crippen MR) is 67.1 cm³/mol. The largest absolute Gasteiger partial charge is 0.423 e. The molecule has 0 aliphatic rings. The standard InChI is InChI=1S/C15H6F5NO2/c1-6-2-11(18)12(14(20)13(6)19)15(22)23-7-3-9(16)8(5-21)10(17)4-7/h2-4H,1H3. The lowest BCUT2D eigenvalue weighted by molar-refractivity contribution is 0.0722. The fraction of sp³-hybridized carbons (Fsp3) is 0.0667. The quantitative estimate of drug-likeness (QED) is 0.365. The van der Waals surface area contributed by atoms with Gasteiger partial charge in [0, 0.05) is 12.1 Å². The predicted octanol–water partition coefficient (Wildman–Crippen LogP) is 3.78. The van der Waals surface area contributed by atoms with Crippen LogP contribution in [0.15, 0.2) is 18.2 Å². The first-order valence-electron chi connectivity index (χ1n) is 6.01. The third-order valence-electron chi connectivity index (χ3n) is 2.88. The summed E-state index contributed by atoms with van der Waals surface area (Å²) in [6.07, 6.45) is 0. The molecule has 0 unspecified atom stereocenters. The van der Waals surface area contributed by atoms with Crippen molar-refractivity contribution >= 4 is 5.97 Å². The van der Waals surface area contributed by atoms with Gasteiger partial charge in [0.2, 0.25) is 0 Å². The summed E-state index contributed by atoms with van der Waals surface area (Å²) < 4.78 is 71.9. The van der Waals surface area contributed by atoms with Crippen LogP contribution in [-0.4, -0.2) is 5.97 Å². The second-order valence-corrected chi connectivity index (χ2v) is 4.44. The molecule has 0 aliphatic heterocycles. The minimum atomic E-state index is -1.78. The van der Waals surface area contributed by atoms with E-state index in [0.717, 1.165) is 6.92 Å². The van der Waals surface area contributed by atoms with E-state index < -0.39 is 51.9 Å². The zero-order valence-electron chi connectivity index (χ0n) is 11.4. The van der Waals surface area contributed by atoms with E-state index in [1.807, 2.05) is 0 Å². The molecule has 2 aromatic carbocycles. The molecule has 0 saturated carbocycles. The van der Waals surface area contributed by atoms with Crippen LogP contribution < -0.4 is 4.74 Å². The van der Waals surface area contributed by atoms with Crippen LogP contribution in [0.2, 0.25) is 0 Å². The Labute approximate surface area is 126 Å². The third-order valence-corrected chi connectivity index (χ3v) is 2.88. The number of benzene rings is 2. The van der Waals surface area contributed by atoms with Gasteiger partial charge in [0.25, 0.3) is 0 Å². The van der Waals surface area contributed by atoms with E-state index in [0.29, 0.717) is 18.2 Å². The lowest BCUT2D eigenvalue weighted by Gasteiger charge is -2.09. The van der Waals surface area contributed by atoms with Crippen LogP contribution in [0.1, 0.15) is 21.5 Å². The Kier molecular flexibility index (Phi) is 4.31. The topological polar surface area (TPSA) is 50.1 Å². The molecule has 23 heavy (non-hydrogen) atoms. The minimum absolute atomic E-state index is 0.369. The van der Waals surface area contributed by atoms with Crippen LogP contribution in [0.25, 0.3) is 0 Å². The molecule has 0 saturated heterocycles. The molecule has 0 aliphatic carbocycles. The first-order chi connectivity index (χ1) is 10.8. The summed E-state index contributed by atoms with van der Waals surface area (Å²) in [5, 5.41) is 8.50. The average molecular weight is 327 g/mol. The summed E-state index contributed by atoms with van der Waals surface area (Å²) in [6.45, 7) is 1.09. The first kappa shape index (κ1) is 16.4. The van der Waals surface area contributed by atoms with E-state index in [-0.39, 0.29) is 5.56 Å².